The minimum atomic E-state index is -0.765. The van der Waals surface area contributed by atoms with Crippen LogP contribution in [0.5, 0.6) is 0 Å². The summed E-state index contributed by atoms with van der Waals surface area (Å²) in [6.07, 6.45) is 2.39. The lowest BCUT2D eigenvalue weighted by atomic mass is 9.93. The zero-order valence-electron chi connectivity index (χ0n) is 10.5. The van der Waals surface area contributed by atoms with E-state index >= 15 is 0 Å². The molecule has 1 aliphatic heterocycles. The van der Waals surface area contributed by atoms with Crippen molar-refractivity contribution in [1.82, 2.24) is 4.90 Å². The Morgan fingerprint density at radius 3 is 2.82 bits per heavy atom. The largest absolute Gasteiger partial charge is 0.481 e. The lowest BCUT2D eigenvalue weighted by molar-refractivity contribution is -0.142. The molecule has 1 N–H and O–H groups in total. The molecular formula is C12H21NO4. The molecule has 0 spiro atoms. The minimum absolute atomic E-state index is 0.00697. The Bertz CT molecular complexity index is 280. The lowest BCUT2D eigenvalue weighted by Crippen LogP contribution is -2.44. The monoisotopic (exact) mass is 243 g/mol. The van der Waals surface area contributed by atoms with Gasteiger partial charge in [0.2, 0.25) is 0 Å². The van der Waals surface area contributed by atoms with Crippen LogP contribution in [0.4, 0.5) is 0 Å². The van der Waals surface area contributed by atoms with E-state index in [4.69, 9.17) is 9.84 Å². The molecule has 0 saturated carbocycles. The van der Waals surface area contributed by atoms with Gasteiger partial charge in [-0.15, -0.1) is 0 Å². The molecule has 1 amide bonds. The maximum atomic E-state index is 11.9. The van der Waals surface area contributed by atoms with Crippen LogP contribution in [-0.2, 0) is 14.3 Å². The highest BCUT2D eigenvalue weighted by molar-refractivity contribution is 5.80. The van der Waals surface area contributed by atoms with E-state index in [1.807, 2.05) is 0 Å². The molecule has 0 radical (unpaired) electrons. The smallest absolute Gasteiger partial charge is 0.303 e. The molecule has 0 aromatic carbocycles. The lowest BCUT2D eigenvalue weighted by Gasteiger charge is -2.33. The molecule has 5 nitrogen and oxygen atoms in total. The summed E-state index contributed by atoms with van der Waals surface area (Å²) in [7, 11) is 1.52. The number of likely N-dealkylation sites (tertiary alicyclic amines) is 1. The highest BCUT2D eigenvalue weighted by Gasteiger charge is 2.26. The Morgan fingerprint density at radius 2 is 2.24 bits per heavy atom. The van der Waals surface area contributed by atoms with Gasteiger partial charge in [0.1, 0.15) is 6.10 Å². The van der Waals surface area contributed by atoms with Gasteiger partial charge >= 0.3 is 5.97 Å². The average Bonchev–Trinajstić information content (AvgIpc) is 2.34. The van der Waals surface area contributed by atoms with Crippen LogP contribution in [0.25, 0.3) is 0 Å². The van der Waals surface area contributed by atoms with Crippen LogP contribution >= 0.6 is 0 Å². The Kier molecular flexibility index (Phi) is 5.41. The summed E-state index contributed by atoms with van der Waals surface area (Å²) in [5.41, 5.74) is 0. The Labute approximate surface area is 102 Å². The number of carboxylic acids is 1. The minimum Gasteiger partial charge on any atom is -0.481 e. The Hall–Kier alpha value is -1.10. The summed E-state index contributed by atoms with van der Waals surface area (Å²) in [5.74, 6) is -0.445. The molecule has 0 aromatic rings. The number of amides is 1. The number of ether oxygens (including phenoxy) is 1. The van der Waals surface area contributed by atoms with E-state index in [0.29, 0.717) is 18.9 Å². The summed E-state index contributed by atoms with van der Waals surface area (Å²) in [4.78, 5) is 24.2. The summed E-state index contributed by atoms with van der Waals surface area (Å²) >= 11 is 0. The second-order valence-corrected chi connectivity index (χ2v) is 4.60. The summed E-state index contributed by atoms with van der Waals surface area (Å²) < 4.78 is 5.01. The number of hydrogen-bond acceptors (Lipinski definition) is 3. The van der Waals surface area contributed by atoms with Crippen molar-refractivity contribution >= 4 is 11.9 Å². The molecule has 98 valence electrons. The van der Waals surface area contributed by atoms with Crippen molar-refractivity contribution in [1.29, 1.82) is 0 Å². The molecule has 0 aromatic heterocycles. The second kappa shape index (κ2) is 6.59. The fraction of sp³-hybridized carbons (Fsp3) is 0.833. The van der Waals surface area contributed by atoms with E-state index in [1.165, 1.54) is 7.11 Å². The van der Waals surface area contributed by atoms with Crippen LogP contribution in [-0.4, -0.2) is 48.2 Å². The van der Waals surface area contributed by atoms with E-state index in [9.17, 15) is 9.59 Å². The number of methoxy groups -OCH3 is 1. The first kappa shape index (κ1) is 14.0. The first-order chi connectivity index (χ1) is 8.04. The van der Waals surface area contributed by atoms with Crippen molar-refractivity contribution in [3.8, 4) is 0 Å². The third-order valence-corrected chi connectivity index (χ3v) is 3.30. The SMILES string of the molecule is CO[C@H](C)C(=O)N1CCC[C@@H](CCC(=O)O)C1. The first-order valence-corrected chi connectivity index (χ1v) is 6.08. The molecule has 0 unspecified atom stereocenters. The highest BCUT2D eigenvalue weighted by Crippen LogP contribution is 2.21. The molecule has 2 atom stereocenters. The normalized spacial score (nSPS) is 22.2. The molecular weight excluding hydrogens is 222 g/mol. The van der Waals surface area contributed by atoms with Gasteiger partial charge in [-0.2, -0.15) is 0 Å². The topological polar surface area (TPSA) is 66.8 Å². The van der Waals surface area contributed by atoms with Gasteiger partial charge in [0.15, 0.2) is 0 Å². The fourth-order valence-electron chi connectivity index (χ4n) is 2.19. The number of hydrogen-bond donors (Lipinski definition) is 1. The van der Waals surface area contributed by atoms with Crippen LogP contribution in [0.3, 0.4) is 0 Å². The van der Waals surface area contributed by atoms with Crippen molar-refractivity contribution in [2.75, 3.05) is 20.2 Å². The highest BCUT2D eigenvalue weighted by atomic mass is 16.5. The molecule has 1 heterocycles. The molecule has 5 heteroatoms. The van der Waals surface area contributed by atoms with Crippen LogP contribution in [0.2, 0.25) is 0 Å². The van der Waals surface area contributed by atoms with Gasteiger partial charge in [0.05, 0.1) is 0 Å². The predicted octanol–water partition coefficient (Wildman–Crippen LogP) is 1.12. The zero-order chi connectivity index (χ0) is 12.8. The van der Waals surface area contributed by atoms with Gasteiger partial charge < -0.3 is 14.7 Å². The van der Waals surface area contributed by atoms with E-state index in [2.05, 4.69) is 0 Å². The summed E-state index contributed by atoms with van der Waals surface area (Å²) in [5, 5.41) is 8.64. The molecule has 1 rings (SSSR count). The van der Waals surface area contributed by atoms with E-state index < -0.39 is 12.1 Å². The number of nitrogens with zero attached hydrogens (tertiary/aromatic N) is 1. The fourth-order valence-corrected chi connectivity index (χ4v) is 2.19. The summed E-state index contributed by atoms with van der Waals surface area (Å²) in [6.45, 7) is 3.17. The predicted molar refractivity (Wildman–Crippen MR) is 62.6 cm³/mol. The van der Waals surface area contributed by atoms with Crippen LogP contribution in [0.15, 0.2) is 0 Å². The van der Waals surface area contributed by atoms with Crippen molar-refractivity contribution in [2.45, 2.75) is 38.7 Å². The average molecular weight is 243 g/mol. The van der Waals surface area contributed by atoms with E-state index in [0.717, 1.165) is 19.4 Å². The van der Waals surface area contributed by atoms with Crippen LogP contribution < -0.4 is 0 Å². The van der Waals surface area contributed by atoms with Gasteiger partial charge in [-0.25, -0.2) is 0 Å². The van der Waals surface area contributed by atoms with Crippen molar-refractivity contribution in [3.05, 3.63) is 0 Å². The van der Waals surface area contributed by atoms with Crippen molar-refractivity contribution in [2.24, 2.45) is 5.92 Å². The number of aliphatic carboxylic acids is 1. The van der Waals surface area contributed by atoms with E-state index in [1.54, 1.807) is 11.8 Å². The molecule has 1 saturated heterocycles. The van der Waals surface area contributed by atoms with Gasteiger partial charge in [-0.3, -0.25) is 9.59 Å². The molecule has 1 aliphatic rings. The number of carbonyl (C=O) groups is 2. The number of rotatable bonds is 5. The Morgan fingerprint density at radius 1 is 1.53 bits per heavy atom. The van der Waals surface area contributed by atoms with E-state index in [-0.39, 0.29) is 12.3 Å². The van der Waals surface area contributed by atoms with Gasteiger partial charge in [0.25, 0.3) is 5.91 Å². The van der Waals surface area contributed by atoms with Crippen molar-refractivity contribution in [3.63, 3.8) is 0 Å². The summed E-state index contributed by atoms with van der Waals surface area (Å²) in [6, 6.07) is 0. The van der Waals surface area contributed by atoms with Gasteiger partial charge in [-0.1, -0.05) is 0 Å². The molecule has 17 heavy (non-hydrogen) atoms. The molecule has 1 fully saturated rings. The molecule has 0 bridgehead atoms. The van der Waals surface area contributed by atoms with Gasteiger partial charge in [-0.05, 0) is 32.1 Å². The standard InChI is InChI=1S/C12H21NO4/c1-9(17-2)12(16)13-7-3-4-10(8-13)5-6-11(14)15/h9-10H,3-8H2,1-2H3,(H,14,15)/t9-,10+/m1/s1. The number of piperidine rings is 1. The van der Waals surface area contributed by atoms with Crippen LogP contribution in [0, 0.1) is 5.92 Å². The maximum absolute atomic E-state index is 11.9. The van der Waals surface area contributed by atoms with Crippen molar-refractivity contribution < 1.29 is 19.4 Å². The first-order valence-electron chi connectivity index (χ1n) is 6.08. The molecule has 0 aliphatic carbocycles. The maximum Gasteiger partial charge on any atom is 0.303 e. The zero-order valence-corrected chi connectivity index (χ0v) is 10.5. The third-order valence-electron chi connectivity index (χ3n) is 3.30. The second-order valence-electron chi connectivity index (χ2n) is 4.60. The number of carbonyl (C=O) groups excluding carboxylic acids is 1. The number of carboxylic acid groups (broad SMARTS) is 1. The third kappa shape index (κ3) is 4.34. The quantitative estimate of drug-likeness (QED) is 0.786. The Balaban J connectivity index is 2.43. The van der Waals surface area contributed by atoms with Gasteiger partial charge in [0, 0.05) is 26.6 Å². The van der Waals surface area contributed by atoms with Crippen LogP contribution in [0.1, 0.15) is 32.6 Å².